The first-order chi connectivity index (χ1) is 10.2. The van der Waals surface area contributed by atoms with Crippen molar-refractivity contribution < 1.29 is 9.18 Å². The van der Waals surface area contributed by atoms with Crippen LogP contribution in [0.15, 0.2) is 24.3 Å². The monoisotopic (exact) mass is 306 g/mol. The van der Waals surface area contributed by atoms with Gasteiger partial charge < -0.3 is 10.6 Å². The molecule has 2 heterocycles. The molecule has 1 atom stereocenters. The maximum absolute atomic E-state index is 13.2. The Hall–Kier alpha value is -1.46. The molecule has 3 nitrogen and oxygen atoms in total. The Balaban J connectivity index is 1.79. The summed E-state index contributed by atoms with van der Waals surface area (Å²) in [6.07, 6.45) is 3.16. The molecule has 1 aromatic heterocycles. The molecule has 21 heavy (non-hydrogen) atoms. The summed E-state index contributed by atoms with van der Waals surface area (Å²) in [5.41, 5.74) is 5.62. The van der Waals surface area contributed by atoms with Crippen LogP contribution in [0.25, 0.3) is 10.1 Å². The van der Waals surface area contributed by atoms with E-state index in [0.717, 1.165) is 42.4 Å². The number of amides is 1. The van der Waals surface area contributed by atoms with E-state index < -0.39 is 0 Å². The lowest BCUT2D eigenvalue weighted by atomic mass is 9.95. The fourth-order valence-corrected chi connectivity index (χ4v) is 4.04. The van der Waals surface area contributed by atoms with Crippen molar-refractivity contribution >= 4 is 27.3 Å². The summed E-state index contributed by atoms with van der Waals surface area (Å²) in [6.45, 7) is 2.27. The minimum atomic E-state index is -0.260. The number of piperidine rings is 1. The first-order valence-electron chi connectivity index (χ1n) is 7.36. The predicted octanol–water partition coefficient (Wildman–Crippen LogP) is 3.24. The maximum Gasteiger partial charge on any atom is 0.263 e. The molecular formula is C16H19FN2OS. The first-order valence-corrected chi connectivity index (χ1v) is 8.17. The Bertz CT molecular complexity index is 653. The normalized spacial score (nSPS) is 19.1. The van der Waals surface area contributed by atoms with Crippen molar-refractivity contribution in [2.75, 3.05) is 19.6 Å². The van der Waals surface area contributed by atoms with Gasteiger partial charge in [0.15, 0.2) is 0 Å². The summed E-state index contributed by atoms with van der Waals surface area (Å²) in [5, 5.41) is 0.931. The maximum atomic E-state index is 13.2. The molecule has 0 bridgehead atoms. The number of carbonyl (C=O) groups is 1. The lowest BCUT2D eigenvalue weighted by Gasteiger charge is -2.32. The van der Waals surface area contributed by atoms with Crippen molar-refractivity contribution in [1.29, 1.82) is 0 Å². The van der Waals surface area contributed by atoms with E-state index in [9.17, 15) is 9.18 Å². The molecule has 0 spiro atoms. The van der Waals surface area contributed by atoms with E-state index in [0.29, 0.717) is 17.3 Å². The van der Waals surface area contributed by atoms with Crippen molar-refractivity contribution in [3.63, 3.8) is 0 Å². The molecule has 1 amide bonds. The van der Waals surface area contributed by atoms with Crippen molar-refractivity contribution in [3.8, 4) is 0 Å². The molecule has 1 aromatic carbocycles. The fourth-order valence-electron chi connectivity index (χ4n) is 2.99. The second kappa shape index (κ2) is 6.12. The average Bonchev–Trinajstić information content (AvgIpc) is 2.90. The van der Waals surface area contributed by atoms with Crippen LogP contribution in [0.4, 0.5) is 4.39 Å². The highest BCUT2D eigenvalue weighted by molar-refractivity contribution is 7.20. The van der Waals surface area contributed by atoms with Crippen LogP contribution in [0.3, 0.4) is 0 Å². The third kappa shape index (κ3) is 3.09. The molecule has 2 N–H and O–H groups in total. The van der Waals surface area contributed by atoms with Gasteiger partial charge >= 0.3 is 0 Å². The van der Waals surface area contributed by atoms with Gasteiger partial charge in [-0.1, -0.05) is 6.07 Å². The predicted molar refractivity (Wildman–Crippen MR) is 84.1 cm³/mol. The largest absolute Gasteiger partial charge is 0.338 e. The van der Waals surface area contributed by atoms with E-state index in [-0.39, 0.29) is 11.7 Å². The van der Waals surface area contributed by atoms with Gasteiger partial charge in [-0.2, -0.15) is 0 Å². The first kappa shape index (κ1) is 14.5. The van der Waals surface area contributed by atoms with Crippen LogP contribution in [-0.2, 0) is 0 Å². The topological polar surface area (TPSA) is 46.3 Å². The number of nitrogens with two attached hydrogens (primary N) is 1. The Labute approximate surface area is 127 Å². The van der Waals surface area contributed by atoms with Gasteiger partial charge in [0.05, 0.1) is 4.88 Å². The molecule has 1 aliphatic rings. The Morgan fingerprint density at radius 1 is 1.43 bits per heavy atom. The summed E-state index contributed by atoms with van der Waals surface area (Å²) in [6, 6.07) is 6.52. The van der Waals surface area contributed by atoms with Crippen LogP contribution in [-0.4, -0.2) is 30.4 Å². The summed E-state index contributed by atoms with van der Waals surface area (Å²) in [7, 11) is 0. The molecule has 1 unspecified atom stereocenters. The van der Waals surface area contributed by atoms with Crippen LogP contribution in [0.2, 0.25) is 0 Å². The van der Waals surface area contributed by atoms with Crippen LogP contribution in [0.5, 0.6) is 0 Å². The minimum absolute atomic E-state index is 0.0679. The number of likely N-dealkylation sites (tertiary alicyclic amines) is 1. The molecule has 1 fully saturated rings. The summed E-state index contributed by atoms with van der Waals surface area (Å²) in [4.78, 5) is 15.2. The highest BCUT2D eigenvalue weighted by atomic mass is 32.1. The fraction of sp³-hybridized carbons (Fsp3) is 0.438. The number of benzene rings is 1. The highest BCUT2D eigenvalue weighted by Crippen LogP contribution is 2.29. The van der Waals surface area contributed by atoms with Gasteiger partial charge in [0, 0.05) is 17.8 Å². The van der Waals surface area contributed by atoms with E-state index in [2.05, 4.69) is 0 Å². The summed E-state index contributed by atoms with van der Waals surface area (Å²) < 4.78 is 14.1. The highest BCUT2D eigenvalue weighted by Gasteiger charge is 2.25. The lowest BCUT2D eigenvalue weighted by molar-refractivity contribution is 0.0674. The van der Waals surface area contributed by atoms with Crippen molar-refractivity contribution in [1.82, 2.24) is 4.90 Å². The summed E-state index contributed by atoms with van der Waals surface area (Å²) >= 11 is 1.37. The number of nitrogens with zero attached hydrogens (tertiary/aromatic N) is 1. The van der Waals surface area contributed by atoms with Gasteiger partial charge in [-0.25, -0.2) is 4.39 Å². The lowest BCUT2D eigenvalue weighted by Crippen LogP contribution is -2.40. The number of hydrogen-bond donors (Lipinski definition) is 1. The standard InChI is InChI=1S/C16H19FN2OS/c17-13-4-3-12-8-15(21-14(12)9-13)16(20)19-7-1-2-11(10-19)5-6-18/h3-4,8-9,11H,1-2,5-7,10,18H2. The van der Waals surface area contributed by atoms with Crippen molar-refractivity contribution in [2.45, 2.75) is 19.3 Å². The van der Waals surface area contributed by atoms with Crippen LogP contribution < -0.4 is 5.73 Å². The van der Waals surface area contributed by atoms with E-state index in [1.807, 2.05) is 11.0 Å². The van der Waals surface area contributed by atoms with E-state index >= 15 is 0 Å². The second-order valence-electron chi connectivity index (χ2n) is 5.63. The van der Waals surface area contributed by atoms with E-state index in [1.54, 1.807) is 6.07 Å². The molecular weight excluding hydrogens is 287 g/mol. The SMILES string of the molecule is NCCC1CCCN(C(=O)c2cc3ccc(F)cc3s2)C1. The molecule has 1 aliphatic heterocycles. The number of fused-ring (bicyclic) bond motifs is 1. The second-order valence-corrected chi connectivity index (χ2v) is 6.71. The number of hydrogen-bond acceptors (Lipinski definition) is 3. The Kier molecular flexibility index (Phi) is 4.22. The number of halogens is 1. The van der Waals surface area contributed by atoms with E-state index in [4.69, 9.17) is 5.73 Å². The van der Waals surface area contributed by atoms with Crippen LogP contribution in [0.1, 0.15) is 28.9 Å². The quantitative estimate of drug-likeness (QED) is 0.946. The molecule has 3 rings (SSSR count). The third-order valence-corrected chi connectivity index (χ3v) is 5.16. The van der Waals surface area contributed by atoms with Gasteiger partial charge in [-0.15, -0.1) is 11.3 Å². The van der Waals surface area contributed by atoms with Gasteiger partial charge in [0.2, 0.25) is 0 Å². The number of carbonyl (C=O) groups excluding carboxylic acids is 1. The summed E-state index contributed by atoms with van der Waals surface area (Å²) in [5.74, 6) is 0.321. The van der Waals surface area contributed by atoms with Gasteiger partial charge in [0.1, 0.15) is 5.82 Å². The zero-order chi connectivity index (χ0) is 14.8. The Morgan fingerprint density at radius 3 is 3.10 bits per heavy atom. The molecule has 0 aliphatic carbocycles. The molecule has 1 saturated heterocycles. The zero-order valence-electron chi connectivity index (χ0n) is 11.8. The molecule has 2 aromatic rings. The Morgan fingerprint density at radius 2 is 2.29 bits per heavy atom. The smallest absolute Gasteiger partial charge is 0.263 e. The van der Waals surface area contributed by atoms with Crippen LogP contribution in [0, 0.1) is 11.7 Å². The zero-order valence-corrected chi connectivity index (χ0v) is 12.7. The minimum Gasteiger partial charge on any atom is -0.338 e. The molecule has 112 valence electrons. The van der Waals surface area contributed by atoms with E-state index in [1.165, 1.54) is 23.5 Å². The number of rotatable bonds is 3. The van der Waals surface area contributed by atoms with Crippen LogP contribution >= 0.6 is 11.3 Å². The average molecular weight is 306 g/mol. The van der Waals surface area contributed by atoms with Gasteiger partial charge in [0.25, 0.3) is 5.91 Å². The van der Waals surface area contributed by atoms with Gasteiger partial charge in [-0.05, 0) is 55.3 Å². The molecule has 0 radical (unpaired) electrons. The molecule has 5 heteroatoms. The van der Waals surface area contributed by atoms with Gasteiger partial charge in [-0.3, -0.25) is 4.79 Å². The molecule has 0 saturated carbocycles. The van der Waals surface area contributed by atoms with Crippen molar-refractivity contribution in [2.24, 2.45) is 11.7 Å². The third-order valence-electron chi connectivity index (χ3n) is 4.07. The number of thiophene rings is 1. The van der Waals surface area contributed by atoms with Crippen molar-refractivity contribution in [3.05, 3.63) is 35.0 Å².